The summed E-state index contributed by atoms with van der Waals surface area (Å²) in [5.74, 6) is -3.37. The molecule has 0 bridgehead atoms. The van der Waals surface area contributed by atoms with Gasteiger partial charge in [-0.3, -0.25) is 19.2 Å². The number of alkyl halides is 2. The Kier molecular flexibility index (Phi) is 9.56. The Morgan fingerprint density at radius 2 is 1.70 bits per heavy atom. The van der Waals surface area contributed by atoms with Crippen molar-refractivity contribution in [1.82, 2.24) is 20.9 Å². The van der Waals surface area contributed by atoms with E-state index in [9.17, 15) is 24.0 Å². The van der Waals surface area contributed by atoms with E-state index in [1.165, 1.54) is 11.0 Å². The van der Waals surface area contributed by atoms with E-state index in [-0.39, 0.29) is 24.9 Å². The van der Waals surface area contributed by atoms with Crippen LogP contribution in [0.4, 0.5) is 4.79 Å². The van der Waals surface area contributed by atoms with Gasteiger partial charge in [0, 0.05) is 24.9 Å². The number of carbonyl (C=O) groups excluding carboxylic acids is 5. The summed E-state index contributed by atoms with van der Waals surface area (Å²) in [6.07, 6.45) is 3.85. The molecule has 40 heavy (non-hydrogen) atoms. The summed E-state index contributed by atoms with van der Waals surface area (Å²) < 4.78 is 4.17. The maximum atomic E-state index is 13.9. The third-order valence-electron chi connectivity index (χ3n) is 7.72. The third-order valence-corrected chi connectivity index (χ3v) is 8.78. The Bertz CT molecular complexity index is 1050. The maximum absolute atomic E-state index is 13.9. The van der Waals surface area contributed by atoms with Crippen LogP contribution >= 0.6 is 23.2 Å². The van der Waals surface area contributed by atoms with Crippen LogP contribution in [0.15, 0.2) is 12.7 Å². The molecule has 3 aliphatic rings. The Labute approximate surface area is 246 Å². The predicted molar refractivity (Wildman–Crippen MR) is 152 cm³/mol. The molecule has 0 aromatic carbocycles. The van der Waals surface area contributed by atoms with Crippen molar-refractivity contribution in [3.8, 4) is 0 Å². The molecule has 1 heterocycles. The number of fused-ring (bicyclic) bond motifs is 1. The van der Waals surface area contributed by atoms with E-state index in [1.54, 1.807) is 41.5 Å². The van der Waals surface area contributed by atoms with Crippen molar-refractivity contribution in [3.05, 3.63) is 12.7 Å². The molecule has 4 amide bonds. The number of alkyl carbamates (subject to hydrolysis) is 1. The van der Waals surface area contributed by atoms with Crippen LogP contribution < -0.4 is 16.0 Å². The number of nitrogens with one attached hydrogen (secondary N) is 3. The highest BCUT2D eigenvalue weighted by molar-refractivity contribution is 6.51. The Hall–Kier alpha value is -2.33. The van der Waals surface area contributed by atoms with E-state index in [1.807, 2.05) is 0 Å². The molecule has 2 saturated carbocycles. The topological polar surface area (TPSA) is 134 Å². The average molecular weight is 602 g/mol. The summed E-state index contributed by atoms with van der Waals surface area (Å²) in [6, 6.07) is -3.16. The lowest BCUT2D eigenvalue weighted by atomic mass is 9.80. The van der Waals surface area contributed by atoms with Crippen LogP contribution in [0, 0.1) is 23.2 Å². The van der Waals surface area contributed by atoms with Crippen molar-refractivity contribution in [1.29, 1.82) is 0 Å². The monoisotopic (exact) mass is 600 g/mol. The number of carbonyl (C=O) groups is 5. The molecule has 0 spiro atoms. The lowest BCUT2D eigenvalue weighted by molar-refractivity contribution is -0.145. The van der Waals surface area contributed by atoms with Crippen LogP contribution in [0.1, 0.15) is 67.2 Å². The summed E-state index contributed by atoms with van der Waals surface area (Å²) in [5, 5.41) is 7.89. The van der Waals surface area contributed by atoms with Gasteiger partial charge in [0.1, 0.15) is 22.0 Å². The van der Waals surface area contributed by atoms with E-state index in [4.69, 9.17) is 27.9 Å². The number of rotatable bonds is 10. The first-order valence-corrected chi connectivity index (χ1v) is 14.5. The normalized spacial score (nSPS) is 25.0. The van der Waals surface area contributed by atoms with E-state index < -0.39 is 69.0 Å². The molecule has 2 aliphatic carbocycles. The first-order chi connectivity index (χ1) is 18.4. The molecule has 12 heteroatoms. The van der Waals surface area contributed by atoms with Crippen LogP contribution in [0.5, 0.6) is 0 Å². The van der Waals surface area contributed by atoms with Gasteiger partial charge >= 0.3 is 6.09 Å². The lowest BCUT2D eigenvalue weighted by Gasteiger charge is -2.38. The standard InChI is InChI=1S/C28H42Cl2N4O6/c1-8-12-31-23(37)20(35)17(13-15-10-9-11-15)32-22(36)19-18-16(28(18,29)30)14-34(19)24(38)21(26(2,3)4)33-25(39)40-27(5,6)7/h8,15-19,21H,1,9-14H2,2-7H3,(H,31,37)(H,32,36)(H,33,39)/t16-,17?,18-,19-,21+/m0/s1. The van der Waals surface area contributed by atoms with Crippen molar-refractivity contribution in [2.75, 3.05) is 13.1 Å². The van der Waals surface area contributed by atoms with Gasteiger partial charge in [-0.05, 0) is 38.5 Å². The smallest absolute Gasteiger partial charge is 0.408 e. The largest absolute Gasteiger partial charge is 0.444 e. The summed E-state index contributed by atoms with van der Waals surface area (Å²) in [5.41, 5.74) is -1.50. The number of Topliss-reactive ketones (excluding diaryl/α,β-unsaturated/α-hetero) is 1. The molecule has 3 fully saturated rings. The van der Waals surface area contributed by atoms with Crippen molar-refractivity contribution in [3.63, 3.8) is 0 Å². The quantitative estimate of drug-likeness (QED) is 0.200. The van der Waals surface area contributed by atoms with Crippen LogP contribution in [-0.2, 0) is 23.9 Å². The van der Waals surface area contributed by atoms with Crippen LogP contribution in [0.3, 0.4) is 0 Å². The predicted octanol–water partition coefficient (Wildman–Crippen LogP) is 3.10. The summed E-state index contributed by atoms with van der Waals surface area (Å²) in [6.45, 7) is 14.3. The van der Waals surface area contributed by atoms with Crippen molar-refractivity contribution in [2.24, 2.45) is 23.2 Å². The number of amides is 4. The van der Waals surface area contributed by atoms with Gasteiger partial charge in [0.05, 0.1) is 6.04 Å². The van der Waals surface area contributed by atoms with Crippen LogP contribution in [-0.4, -0.2) is 75.6 Å². The van der Waals surface area contributed by atoms with Gasteiger partial charge in [-0.25, -0.2) is 4.79 Å². The minimum absolute atomic E-state index is 0.109. The highest BCUT2D eigenvalue weighted by Crippen LogP contribution is 2.65. The molecule has 1 unspecified atom stereocenters. The lowest BCUT2D eigenvalue weighted by Crippen LogP contribution is -2.61. The number of hydrogen-bond acceptors (Lipinski definition) is 6. The van der Waals surface area contributed by atoms with Crippen LogP contribution in [0.25, 0.3) is 0 Å². The van der Waals surface area contributed by atoms with Gasteiger partial charge < -0.3 is 25.6 Å². The molecule has 5 atom stereocenters. The van der Waals surface area contributed by atoms with E-state index in [2.05, 4.69) is 22.5 Å². The Morgan fingerprint density at radius 3 is 2.20 bits per heavy atom. The summed E-state index contributed by atoms with van der Waals surface area (Å²) in [7, 11) is 0. The fourth-order valence-corrected chi connectivity index (χ4v) is 6.16. The van der Waals surface area contributed by atoms with Gasteiger partial charge in [-0.15, -0.1) is 29.8 Å². The highest BCUT2D eigenvalue weighted by atomic mass is 35.5. The first kappa shape index (κ1) is 32.2. The molecular formula is C28H42Cl2N4O6. The minimum atomic E-state index is -1.20. The highest BCUT2D eigenvalue weighted by Gasteiger charge is 2.74. The first-order valence-electron chi connectivity index (χ1n) is 13.8. The molecule has 10 nitrogen and oxygen atoms in total. The summed E-state index contributed by atoms with van der Waals surface area (Å²) in [4.78, 5) is 67.2. The molecule has 3 N–H and O–H groups in total. The zero-order chi connectivity index (χ0) is 30.2. The van der Waals surface area contributed by atoms with Gasteiger partial charge in [0.15, 0.2) is 0 Å². The van der Waals surface area contributed by atoms with Gasteiger partial charge in [-0.1, -0.05) is 46.1 Å². The molecule has 1 aliphatic heterocycles. The number of halogens is 2. The second kappa shape index (κ2) is 11.9. The zero-order valence-electron chi connectivity index (χ0n) is 24.1. The van der Waals surface area contributed by atoms with Crippen molar-refractivity contribution < 1.29 is 28.7 Å². The van der Waals surface area contributed by atoms with E-state index in [0.717, 1.165) is 19.3 Å². The van der Waals surface area contributed by atoms with Crippen molar-refractivity contribution in [2.45, 2.75) is 95.3 Å². The third kappa shape index (κ3) is 7.29. The molecule has 3 rings (SSSR count). The van der Waals surface area contributed by atoms with Gasteiger partial charge in [0.25, 0.3) is 5.91 Å². The maximum Gasteiger partial charge on any atom is 0.408 e. The molecule has 1 saturated heterocycles. The summed E-state index contributed by atoms with van der Waals surface area (Å²) >= 11 is 13.0. The fourth-order valence-electron chi connectivity index (χ4n) is 5.33. The average Bonchev–Trinajstić information content (AvgIpc) is 3.13. The molecule has 0 radical (unpaired) electrons. The second-order valence-electron chi connectivity index (χ2n) is 13.1. The van der Waals surface area contributed by atoms with Crippen molar-refractivity contribution >= 4 is 52.8 Å². The Balaban J connectivity index is 1.84. The molecule has 0 aromatic heterocycles. The number of ketones is 1. The number of hydrogen-bond donors (Lipinski definition) is 3. The number of likely N-dealkylation sites (tertiary alicyclic amines) is 1. The van der Waals surface area contributed by atoms with E-state index >= 15 is 0 Å². The SMILES string of the molecule is C=CCNC(=O)C(=O)C(CC1CCC1)NC(=O)[C@@H]1[C@@H]2[C@H](CN1C(=O)[C@@H](NC(=O)OC(C)(C)C)C(C)(C)C)C2(Cl)Cl. The number of nitrogens with zero attached hydrogens (tertiary/aromatic N) is 1. The molecule has 224 valence electrons. The second-order valence-corrected chi connectivity index (χ2v) is 14.6. The van der Waals surface area contributed by atoms with Gasteiger partial charge in [0.2, 0.25) is 17.6 Å². The molecule has 0 aromatic rings. The van der Waals surface area contributed by atoms with Gasteiger partial charge in [-0.2, -0.15) is 0 Å². The van der Waals surface area contributed by atoms with E-state index in [0.29, 0.717) is 6.42 Å². The fraction of sp³-hybridized carbons (Fsp3) is 0.750. The van der Waals surface area contributed by atoms with Crippen LogP contribution in [0.2, 0.25) is 0 Å². The molecular weight excluding hydrogens is 559 g/mol. The number of ether oxygens (including phenoxy) is 1. The number of piperidine rings is 1. The Morgan fingerprint density at radius 1 is 1.07 bits per heavy atom. The zero-order valence-corrected chi connectivity index (χ0v) is 25.7. The minimum Gasteiger partial charge on any atom is -0.444 e.